The van der Waals surface area contributed by atoms with E-state index in [1.807, 2.05) is 31.2 Å². The van der Waals surface area contributed by atoms with E-state index >= 15 is 0 Å². The van der Waals surface area contributed by atoms with Crippen LogP contribution in [0.25, 0.3) is 0 Å². The number of aromatic nitrogens is 1. The van der Waals surface area contributed by atoms with Gasteiger partial charge in [0.2, 0.25) is 0 Å². The molecule has 1 fully saturated rings. The lowest BCUT2D eigenvalue weighted by Gasteiger charge is -2.32. The number of thioether (sulfide) groups is 1. The molecule has 2 aliphatic rings. The monoisotopic (exact) mass is 403 g/mol. The maximum atomic E-state index is 10.2. The Labute approximate surface area is 168 Å². The summed E-state index contributed by atoms with van der Waals surface area (Å²) in [5.41, 5.74) is 1.83. The molecule has 3 heterocycles. The second-order valence-corrected chi connectivity index (χ2v) is 8.01. The highest BCUT2D eigenvalue weighted by Crippen LogP contribution is 2.51. The summed E-state index contributed by atoms with van der Waals surface area (Å²) in [5.74, 6) is 1.53. The number of ether oxygens (including phenoxy) is 1. The fraction of sp³-hybridized carbons (Fsp3) is 0.400. The molecule has 3 atom stereocenters. The molecule has 27 heavy (non-hydrogen) atoms. The number of nitrogens with zero attached hydrogens (tertiary/aromatic N) is 3. The Balaban J connectivity index is 1.83. The maximum absolute atomic E-state index is 10.2. The van der Waals surface area contributed by atoms with Crippen LogP contribution < -0.4 is 4.74 Å². The number of amidine groups is 1. The summed E-state index contributed by atoms with van der Waals surface area (Å²) in [7, 11) is 0. The second-order valence-electron chi connectivity index (χ2n) is 6.61. The largest absolute Gasteiger partial charge is 0.504 e. The van der Waals surface area contributed by atoms with Crippen molar-refractivity contribution in [3.05, 3.63) is 52.8 Å². The van der Waals surface area contributed by atoms with Crippen molar-refractivity contribution in [2.45, 2.75) is 38.4 Å². The topological polar surface area (TPSA) is 58.0 Å². The van der Waals surface area contributed by atoms with Crippen molar-refractivity contribution < 1.29 is 9.84 Å². The van der Waals surface area contributed by atoms with E-state index in [1.54, 1.807) is 24.0 Å². The highest BCUT2D eigenvalue weighted by Gasteiger charge is 2.46. The molecule has 1 aromatic heterocycles. The lowest BCUT2D eigenvalue weighted by atomic mass is 9.94. The second kappa shape index (κ2) is 7.60. The van der Waals surface area contributed by atoms with Crippen LogP contribution in [-0.2, 0) is 0 Å². The van der Waals surface area contributed by atoms with E-state index in [2.05, 4.69) is 16.8 Å². The molecule has 142 valence electrons. The third-order valence-electron chi connectivity index (χ3n) is 5.03. The number of phenolic OH excluding ortho intramolecular Hbond substituents is 1. The fourth-order valence-electron chi connectivity index (χ4n) is 3.74. The number of aromatic hydroxyl groups is 1. The van der Waals surface area contributed by atoms with Gasteiger partial charge in [-0.2, -0.15) is 0 Å². The van der Waals surface area contributed by atoms with Gasteiger partial charge in [0.15, 0.2) is 16.7 Å². The SMILES string of the molecule is CCOc1cc([C@H]2[C@@H](c3ccccn3)N=C3SC[C@@H](CC)N32)c(Cl)cc1O. The van der Waals surface area contributed by atoms with Crippen LogP contribution in [0.15, 0.2) is 41.5 Å². The molecule has 0 amide bonds. The Kier molecular flexibility index (Phi) is 5.19. The molecule has 1 N–H and O–H groups in total. The van der Waals surface area contributed by atoms with Crippen LogP contribution in [0.1, 0.15) is 43.6 Å². The zero-order valence-electron chi connectivity index (χ0n) is 15.3. The summed E-state index contributed by atoms with van der Waals surface area (Å²) in [6.07, 6.45) is 2.83. The molecule has 4 rings (SSSR count). The first-order chi connectivity index (χ1) is 13.1. The van der Waals surface area contributed by atoms with Gasteiger partial charge in [-0.05, 0) is 37.1 Å². The summed E-state index contributed by atoms with van der Waals surface area (Å²) in [5, 5.41) is 11.8. The van der Waals surface area contributed by atoms with Crippen molar-refractivity contribution in [3.8, 4) is 11.5 Å². The molecule has 1 aromatic carbocycles. The van der Waals surface area contributed by atoms with E-state index in [0.29, 0.717) is 23.4 Å². The number of halogens is 1. The Morgan fingerprint density at radius 3 is 2.89 bits per heavy atom. The van der Waals surface area contributed by atoms with Crippen LogP contribution in [-0.4, -0.2) is 38.6 Å². The zero-order valence-corrected chi connectivity index (χ0v) is 16.9. The first-order valence-electron chi connectivity index (χ1n) is 9.19. The van der Waals surface area contributed by atoms with Gasteiger partial charge >= 0.3 is 0 Å². The summed E-state index contributed by atoms with van der Waals surface area (Å²) in [4.78, 5) is 11.9. The van der Waals surface area contributed by atoms with Gasteiger partial charge < -0.3 is 14.7 Å². The molecular weight excluding hydrogens is 382 g/mol. The first-order valence-corrected chi connectivity index (χ1v) is 10.6. The predicted molar refractivity (Wildman–Crippen MR) is 110 cm³/mol. The van der Waals surface area contributed by atoms with Gasteiger partial charge in [0.1, 0.15) is 6.04 Å². The predicted octanol–water partition coefficient (Wildman–Crippen LogP) is 4.82. The summed E-state index contributed by atoms with van der Waals surface area (Å²) < 4.78 is 5.61. The molecule has 0 bridgehead atoms. The Morgan fingerprint density at radius 1 is 1.33 bits per heavy atom. The van der Waals surface area contributed by atoms with E-state index in [9.17, 15) is 5.11 Å². The van der Waals surface area contributed by atoms with Gasteiger partial charge in [0.25, 0.3) is 0 Å². The van der Waals surface area contributed by atoms with Crippen LogP contribution in [0.2, 0.25) is 5.02 Å². The molecule has 2 aromatic rings. The van der Waals surface area contributed by atoms with Crippen LogP contribution in [0.3, 0.4) is 0 Å². The number of aliphatic imine (C=N–C) groups is 1. The van der Waals surface area contributed by atoms with Gasteiger partial charge in [-0.25, -0.2) is 0 Å². The molecule has 0 spiro atoms. The maximum Gasteiger partial charge on any atom is 0.161 e. The average Bonchev–Trinajstić information content (AvgIpc) is 3.24. The van der Waals surface area contributed by atoms with Gasteiger partial charge in [0, 0.05) is 29.1 Å². The number of rotatable bonds is 5. The van der Waals surface area contributed by atoms with Crippen molar-refractivity contribution in [3.63, 3.8) is 0 Å². The summed E-state index contributed by atoms with van der Waals surface area (Å²) in [6, 6.07) is 9.52. The molecule has 2 aliphatic heterocycles. The van der Waals surface area contributed by atoms with Gasteiger partial charge in [-0.3, -0.25) is 9.98 Å². The smallest absolute Gasteiger partial charge is 0.161 e. The summed E-state index contributed by atoms with van der Waals surface area (Å²) >= 11 is 8.39. The van der Waals surface area contributed by atoms with Crippen LogP contribution >= 0.6 is 23.4 Å². The highest BCUT2D eigenvalue weighted by atomic mass is 35.5. The molecule has 7 heteroatoms. The lowest BCUT2D eigenvalue weighted by molar-refractivity contribution is 0.253. The lowest BCUT2D eigenvalue weighted by Crippen LogP contribution is -2.35. The van der Waals surface area contributed by atoms with E-state index in [0.717, 1.165) is 28.6 Å². The number of hydrogen-bond donors (Lipinski definition) is 1. The van der Waals surface area contributed by atoms with Crippen molar-refractivity contribution in [1.82, 2.24) is 9.88 Å². The van der Waals surface area contributed by atoms with E-state index in [-0.39, 0.29) is 17.8 Å². The molecule has 0 unspecified atom stereocenters. The van der Waals surface area contributed by atoms with E-state index in [4.69, 9.17) is 21.3 Å². The third kappa shape index (κ3) is 3.25. The Bertz CT molecular complexity index is 862. The van der Waals surface area contributed by atoms with Gasteiger partial charge in [0.05, 0.1) is 18.3 Å². The van der Waals surface area contributed by atoms with Crippen molar-refractivity contribution >= 4 is 28.5 Å². The number of benzene rings is 1. The third-order valence-corrected chi connectivity index (χ3v) is 6.48. The molecule has 0 aliphatic carbocycles. The van der Waals surface area contributed by atoms with Gasteiger partial charge in [-0.1, -0.05) is 36.4 Å². The van der Waals surface area contributed by atoms with Gasteiger partial charge in [-0.15, -0.1) is 0 Å². The highest BCUT2D eigenvalue weighted by molar-refractivity contribution is 8.14. The van der Waals surface area contributed by atoms with Crippen molar-refractivity contribution in [2.75, 3.05) is 12.4 Å². The van der Waals surface area contributed by atoms with E-state index in [1.165, 1.54) is 0 Å². The standard InChI is InChI=1S/C20H22ClN3O2S/c1-3-12-11-27-20-23-18(15-7-5-6-8-22-15)19(24(12)20)13-9-17(26-4-2)16(25)10-14(13)21/h5-10,12,18-19,25H,3-4,11H2,1-2H3/t12-,18-,19+/m1/s1. The Morgan fingerprint density at radius 2 is 2.19 bits per heavy atom. The quantitative estimate of drug-likeness (QED) is 0.775. The molecule has 1 saturated heterocycles. The van der Waals surface area contributed by atoms with Crippen LogP contribution in [0.4, 0.5) is 0 Å². The number of pyridine rings is 1. The summed E-state index contributed by atoms with van der Waals surface area (Å²) in [6.45, 7) is 4.57. The average molecular weight is 404 g/mol. The molecule has 0 saturated carbocycles. The number of fused-ring (bicyclic) bond motifs is 1. The minimum atomic E-state index is -0.139. The minimum absolute atomic E-state index is 0.0574. The zero-order chi connectivity index (χ0) is 19.0. The van der Waals surface area contributed by atoms with Crippen LogP contribution in [0.5, 0.6) is 11.5 Å². The first kappa shape index (κ1) is 18.4. The van der Waals surface area contributed by atoms with E-state index < -0.39 is 0 Å². The molecule has 5 nitrogen and oxygen atoms in total. The minimum Gasteiger partial charge on any atom is -0.504 e. The molecule has 0 radical (unpaired) electrons. The fourth-order valence-corrected chi connectivity index (χ4v) is 5.35. The molecular formula is C20H22ClN3O2S. The van der Waals surface area contributed by atoms with Crippen molar-refractivity contribution in [1.29, 1.82) is 0 Å². The number of hydrogen-bond acceptors (Lipinski definition) is 6. The Hall–Kier alpha value is -1.92. The van der Waals surface area contributed by atoms with Crippen molar-refractivity contribution in [2.24, 2.45) is 4.99 Å². The normalized spacial score (nSPS) is 24.0. The van der Waals surface area contributed by atoms with Crippen LogP contribution in [0, 0.1) is 0 Å². The number of phenols is 1.